The second kappa shape index (κ2) is 9.38. The van der Waals surface area contributed by atoms with Crippen LogP contribution in [0.3, 0.4) is 0 Å². The highest BCUT2D eigenvalue weighted by atomic mass is 79.9. The van der Waals surface area contributed by atoms with Gasteiger partial charge in [0.15, 0.2) is 0 Å². The van der Waals surface area contributed by atoms with Gasteiger partial charge < -0.3 is 5.32 Å². The smallest absolute Gasteiger partial charge is 0.284 e. The molecular weight excluding hydrogens is 561 g/mol. The van der Waals surface area contributed by atoms with Crippen molar-refractivity contribution < 1.29 is 4.79 Å². The van der Waals surface area contributed by atoms with Gasteiger partial charge >= 0.3 is 0 Å². The Morgan fingerprint density at radius 2 is 1.86 bits per heavy atom. The van der Waals surface area contributed by atoms with Crippen molar-refractivity contribution in [1.82, 2.24) is 14.7 Å². The van der Waals surface area contributed by atoms with Crippen LogP contribution < -0.4 is 10.9 Å². The lowest BCUT2D eigenvalue weighted by molar-refractivity contribution is 0.0823. The fraction of sp³-hybridized carbons (Fsp3) is 0.429. The minimum Gasteiger partial charge on any atom is -0.346 e. The van der Waals surface area contributed by atoms with E-state index < -0.39 is 0 Å². The zero-order chi connectivity index (χ0) is 25.0. The van der Waals surface area contributed by atoms with Crippen molar-refractivity contribution in [3.8, 4) is 5.69 Å². The van der Waals surface area contributed by atoms with Gasteiger partial charge in [0, 0.05) is 26.3 Å². The van der Waals surface area contributed by atoms with Crippen LogP contribution in [0.5, 0.6) is 0 Å². The molecule has 0 radical (unpaired) electrons. The van der Waals surface area contributed by atoms with Gasteiger partial charge in [-0.1, -0.05) is 58.0 Å². The van der Waals surface area contributed by atoms with Crippen LogP contribution in [0.1, 0.15) is 60.9 Å². The molecule has 5 nitrogen and oxygen atoms in total. The summed E-state index contributed by atoms with van der Waals surface area (Å²) >= 11 is 16.0. The van der Waals surface area contributed by atoms with Crippen LogP contribution in [-0.4, -0.2) is 20.8 Å². The minimum absolute atomic E-state index is 0.163. The summed E-state index contributed by atoms with van der Waals surface area (Å²) in [5.74, 6) is 1.95. The topological polar surface area (TPSA) is 56.0 Å². The Morgan fingerprint density at radius 1 is 1.08 bits per heavy atom. The maximum Gasteiger partial charge on any atom is 0.284 e. The van der Waals surface area contributed by atoms with Crippen LogP contribution >= 0.6 is 39.1 Å². The number of carbonyl (C=O) groups excluding carboxylic acids is 1. The Labute approximate surface area is 228 Å². The van der Waals surface area contributed by atoms with Crippen molar-refractivity contribution in [2.75, 3.05) is 0 Å². The van der Waals surface area contributed by atoms with Crippen molar-refractivity contribution in [1.29, 1.82) is 0 Å². The molecule has 4 atom stereocenters. The maximum absolute atomic E-state index is 13.7. The van der Waals surface area contributed by atoms with E-state index >= 15 is 0 Å². The third-order valence-electron chi connectivity index (χ3n) is 8.50. The molecule has 0 saturated heterocycles. The molecule has 3 bridgehead atoms. The largest absolute Gasteiger partial charge is 0.346 e. The summed E-state index contributed by atoms with van der Waals surface area (Å²) in [6.07, 6.45) is 9.77. The number of carbonyl (C=O) groups is 1. The molecule has 36 heavy (non-hydrogen) atoms. The first-order valence-corrected chi connectivity index (χ1v) is 14.2. The number of rotatable bonds is 5. The molecule has 3 aliphatic rings. The predicted molar refractivity (Wildman–Crippen MR) is 146 cm³/mol. The predicted octanol–water partition coefficient (Wildman–Crippen LogP) is 6.85. The summed E-state index contributed by atoms with van der Waals surface area (Å²) in [5, 5.41) is 4.45. The molecule has 1 aromatic heterocycles. The Kier molecular flexibility index (Phi) is 6.33. The molecule has 1 N–H and O–H groups in total. The fourth-order valence-electron chi connectivity index (χ4n) is 7.06. The van der Waals surface area contributed by atoms with Crippen molar-refractivity contribution in [2.45, 2.75) is 57.0 Å². The van der Waals surface area contributed by atoms with E-state index in [1.165, 1.54) is 19.3 Å². The molecular formula is C28H28BrCl2N3O2. The summed E-state index contributed by atoms with van der Waals surface area (Å²) in [5.41, 5.74) is 1.13. The van der Waals surface area contributed by atoms with Crippen LogP contribution in [0, 0.1) is 17.8 Å². The van der Waals surface area contributed by atoms with Crippen LogP contribution in [0.15, 0.2) is 57.9 Å². The number of halogens is 3. The lowest BCUT2D eigenvalue weighted by Gasteiger charge is -2.40. The number of benzene rings is 2. The van der Waals surface area contributed by atoms with E-state index in [-0.39, 0.29) is 22.6 Å². The second-order valence-corrected chi connectivity index (χ2v) is 12.6. The van der Waals surface area contributed by atoms with Gasteiger partial charge in [0.05, 0.1) is 12.2 Å². The number of nitrogens with one attached hydrogen (secondary N) is 1. The van der Waals surface area contributed by atoms with Gasteiger partial charge in [-0.15, -0.1) is 0 Å². The van der Waals surface area contributed by atoms with Gasteiger partial charge in [0.1, 0.15) is 5.56 Å². The molecule has 8 heteroatoms. The van der Waals surface area contributed by atoms with E-state index in [4.69, 9.17) is 23.2 Å². The summed E-state index contributed by atoms with van der Waals surface area (Å²) in [6.45, 7) is 0.325. The van der Waals surface area contributed by atoms with Gasteiger partial charge in [-0.05, 0) is 91.8 Å². The zero-order valence-electron chi connectivity index (χ0n) is 19.9. The van der Waals surface area contributed by atoms with Crippen molar-refractivity contribution in [3.05, 3.63) is 84.7 Å². The Morgan fingerprint density at radius 3 is 2.64 bits per heavy atom. The summed E-state index contributed by atoms with van der Waals surface area (Å²) < 4.78 is 4.23. The monoisotopic (exact) mass is 587 g/mol. The molecule has 3 fully saturated rings. The third-order valence-corrected chi connectivity index (χ3v) is 9.62. The zero-order valence-corrected chi connectivity index (χ0v) is 23.0. The molecule has 0 spiro atoms. The number of hydrogen-bond acceptors (Lipinski definition) is 2. The van der Waals surface area contributed by atoms with E-state index in [1.807, 2.05) is 30.3 Å². The summed E-state index contributed by atoms with van der Waals surface area (Å²) in [7, 11) is 0. The van der Waals surface area contributed by atoms with E-state index in [2.05, 4.69) is 21.2 Å². The van der Waals surface area contributed by atoms with Gasteiger partial charge in [0.2, 0.25) is 0 Å². The normalized spacial score (nSPS) is 26.7. The highest BCUT2D eigenvalue weighted by Gasteiger charge is 2.50. The maximum atomic E-state index is 13.7. The van der Waals surface area contributed by atoms with Gasteiger partial charge in [-0.25, -0.2) is 4.68 Å². The Balaban J connectivity index is 1.37. The van der Waals surface area contributed by atoms with E-state index in [0.29, 0.717) is 34.1 Å². The van der Waals surface area contributed by atoms with Crippen LogP contribution in [-0.2, 0) is 6.54 Å². The van der Waals surface area contributed by atoms with Gasteiger partial charge in [0.25, 0.3) is 11.5 Å². The molecule has 3 aliphatic carbocycles. The summed E-state index contributed by atoms with van der Waals surface area (Å²) in [4.78, 5) is 27.4. The first-order valence-electron chi connectivity index (χ1n) is 12.7. The number of nitrogens with zero attached hydrogens (tertiary/aromatic N) is 2. The number of fused-ring (bicyclic) bond motifs is 2. The second-order valence-electron chi connectivity index (χ2n) is 10.9. The first-order chi connectivity index (χ1) is 17.3. The van der Waals surface area contributed by atoms with Crippen molar-refractivity contribution >= 4 is 45.0 Å². The summed E-state index contributed by atoms with van der Waals surface area (Å²) in [6, 6.07) is 12.8. The third kappa shape index (κ3) is 4.46. The molecule has 3 aromatic rings. The SMILES string of the molecule is O=C(NC12CCCC3CC(CC3C1)C2)c1cn(Cc2ccc(Cl)cc2Cl)n(-c2ccc(Br)cc2)c1=O. The fourth-order valence-corrected chi connectivity index (χ4v) is 7.79. The van der Waals surface area contributed by atoms with Crippen LogP contribution in [0.4, 0.5) is 0 Å². The molecule has 1 amide bonds. The first kappa shape index (κ1) is 24.3. The number of amides is 1. The van der Waals surface area contributed by atoms with Crippen LogP contribution in [0.25, 0.3) is 5.69 Å². The van der Waals surface area contributed by atoms with E-state index in [1.54, 1.807) is 27.7 Å². The lowest BCUT2D eigenvalue weighted by atomic mass is 9.73. The quantitative estimate of drug-likeness (QED) is 0.354. The average Bonchev–Trinajstić information content (AvgIpc) is 3.27. The molecule has 0 aliphatic heterocycles. The van der Waals surface area contributed by atoms with Crippen LogP contribution in [0.2, 0.25) is 10.0 Å². The molecule has 2 aromatic carbocycles. The number of hydrogen-bond donors (Lipinski definition) is 1. The Bertz CT molecular complexity index is 1380. The Hall–Kier alpha value is -2.02. The highest BCUT2D eigenvalue weighted by Crippen LogP contribution is 2.55. The number of aromatic nitrogens is 2. The molecule has 6 rings (SSSR count). The van der Waals surface area contributed by atoms with E-state index in [9.17, 15) is 9.59 Å². The molecule has 188 valence electrons. The van der Waals surface area contributed by atoms with E-state index in [0.717, 1.165) is 41.6 Å². The molecule has 1 heterocycles. The molecule has 3 saturated carbocycles. The average molecular weight is 589 g/mol. The van der Waals surface area contributed by atoms with Crippen molar-refractivity contribution in [3.63, 3.8) is 0 Å². The molecule has 4 unspecified atom stereocenters. The standard InChI is InChI=1S/C28H28BrCl2N3O2/c29-21-4-7-23(8-5-21)34-27(36)24(16-33(34)15-19-3-6-22(30)12-25(19)31)26(35)32-28-9-1-2-18-10-17(13-28)11-20(18)14-28/h3-8,12,16-18,20H,1-2,9-11,13-15H2,(H,32,35). The lowest BCUT2D eigenvalue weighted by Crippen LogP contribution is -2.52. The minimum atomic E-state index is -0.332. The highest BCUT2D eigenvalue weighted by molar-refractivity contribution is 9.10. The van der Waals surface area contributed by atoms with Gasteiger partial charge in [-0.2, -0.15) is 0 Å². The van der Waals surface area contributed by atoms with Crippen molar-refractivity contribution in [2.24, 2.45) is 17.8 Å². The van der Waals surface area contributed by atoms with Gasteiger partial charge in [-0.3, -0.25) is 14.3 Å².